The summed E-state index contributed by atoms with van der Waals surface area (Å²) in [5.74, 6) is -0.903. The van der Waals surface area contributed by atoms with E-state index >= 15 is 4.39 Å². The topological polar surface area (TPSA) is 76.5 Å². The maximum absolute atomic E-state index is 16.4. The number of hydrogen-bond donors (Lipinski definition) is 1. The average molecular weight is 634 g/mol. The number of rotatable bonds is 4. The number of nitrogens with one attached hydrogen (secondary N) is 1. The van der Waals surface area contributed by atoms with Gasteiger partial charge in [0.1, 0.15) is 17.2 Å². The number of hydrogen-bond acceptors (Lipinski definition) is 5. The van der Waals surface area contributed by atoms with Crippen molar-refractivity contribution in [1.82, 2.24) is 14.5 Å². The summed E-state index contributed by atoms with van der Waals surface area (Å²) in [7, 11) is 1.37. The van der Waals surface area contributed by atoms with Gasteiger partial charge in [-0.05, 0) is 80.5 Å². The molecule has 1 aliphatic carbocycles. The molecule has 1 saturated carbocycles. The van der Waals surface area contributed by atoms with Crippen LogP contribution in [0.1, 0.15) is 70.9 Å². The minimum atomic E-state index is -1.22. The number of methoxy groups -OCH3 is 1. The van der Waals surface area contributed by atoms with Crippen molar-refractivity contribution in [2.45, 2.75) is 69.1 Å². The number of carbonyl (C=O) groups excluding carboxylic acids is 2. The first-order valence-corrected chi connectivity index (χ1v) is 15.8. The molecule has 1 aromatic heterocycles. The number of aryl methyl sites for hydroxylation is 2. The highest BCUT2D eigenvalue weighted by atomic mass is 35.5. The molecule has 0 bridgehead atoms. The fourth-order valence-electron chi connectivity index (χ4n) is 8.58. The average Bonchev–Trinajstić information content (AvgIpc) is 3.65. The zero-order valence-electron chi connectivity index (χ0n) is 24.5. The Labute approximate surface area is 264 Å². The van der Waals surface area contributed by atoms with Crippen LogP contribution in [0.3, 0.4) is 0 Å². The Morgan fingerprint density at radius 1 is 1.16 bits per heavy atom. The van der Waals surface area contributed by atoms with Gasteiger partial charge >= 0.3 is 5.97 Å². The van der Waals surface area contributed by atoms with E-state index in [0.29, 0.717) is 34.3 Å². The quantitative estimate of drug-likeness (QED) is 0.241. The summed E-state index contributed by atoms with van der Waals surface area (Å²) in [5, 5.41) is 3.68. The highest BCUT2D eigenvalue weighted by Gasteiger charge is 2.70. The molecule has 4 aromatic rings. The largest absolute Gasteiger partial charge is 0.465 e. The molecule has 0 radical (unpaired) electrons. The van der Waals surface area contributed by atoms with Gasteiger partial charge in [-0.3, -0.25) is 9.69 Å². The maximum atomic E-state index is 16.4. The van der Waals surface area contributed by atoms with E-state index in [2.05, 4.69) is 21.7 Å². The Hall–Kier alpha value is -3.46. The molecular formula is C34H31Cl2FN4O3. The fraction of sp³-hybridized carbons (Fsp3) is 0.382. The van der Waals surface area contributed by atoms with Gasteiger partial charge in [-0.1, -0.05) is 41.4 Å². The van der Waals surface area contributed by atoms with E-state index in [4.69, 9.17) is 32.9 Å². The van der Waals surface area contributed by atoms with E-state index < -0.39 is 23.2 Å². The van der Waals surface area contributed by atoms with Crippen LogP contribution in [-0.4, -0.2) is 45.5 Å². The van der Waals surface area contributed by atoms with E-state index in [9.17, 15) is 9.59 Å². The molecule has 7 nitrogen and oxygen atoms in total. The predicted molar refractivity (Wildman–Crippen MR) is 167 cm³/mol. The third kappa shape index (κ3) is 3.68. The molecule has 1 saturated heterocycles. The second-order valence-electron chi connectivity index (χ2n) is 12.7. The van der Waals surface area contributed by atoms with Gasteiger partial charge in [-0.15, -0.1) is 0 Å². The summed E-state index contributed by atoms with van der Waals surface area (Å²) in [5.41, 5.74) is 3.53. The van der Waals surface area contributed by atoms with Gasteiger partial charge in [-0.25, -0.2) is 14.2 Å². The molecule has 5 atom stereocenters. The van der Waals surface area contributed by atoms with Crippen LogP contribution in [0.25, 0.3) is 11.0 Å². The fourth-order valence-corrected chi connectivity index (χ4v) is 8.93. The second kappa shape index (κ2) is 9.77. The van der Waals surface area contributed by atoms with Crippen LogP contribution < -0.4 is 5.32 Å². The standard InChI is InChI=1S/C34H31Cl2FN4O3/c1-16-13-19(32(42)44-3)14-26-30(16)39-31-27-25(11-12-40(26)31)41(17(2)18-7-8-18)34(28(27)21-5-4-6-23(36)29(21)37)22-10-9-20(35)15-24(22)38-33(34)43/h4-6,9-10,13-15,17-18,25,27-28H,7-8,11-12H2,1-3H3,(H,38,43)/t17?,25-,27+,28-,34+/m0/s1. The number of benzene rings is 3. The molecule has 1 spiro atoms. The van der Waals surface area contributed by atoms with Crippen molar-refractivity contribution in [3.63, 3.8) is 0 Å². The van der Waals surface area contributed by atoms with Crippen molar-refractivity contribution in [2.24, 2.45) is 5.92 Å². The number of halogens is 3. The molecule has 2 fully saturated rings. The van der Waals surface area contributed by atoms with Crippen molar-refractivity contribution in [1.29, 1.82) is 0 Å². The zero-order chi connectivity index (χ0) is 30.7. The smallest absolute Gasteiger partial charge is 0.337 e. The van der Waals surface area contributed by atoms with E-state index in [-0.39, 0.29) is 28.9 Å². The summed E-state index contributed by atoms with van der Waals surface area (Å²) in [6, 6.07) is 14.1. The Bertz CT molecular complexity index is 1910. The third-order valence-corrected chi connectivity index (χ3v) is 11.0. The number of carbonyl (C=O) groups is 2. The number of anilines is 1. The normalized spacial score (nSPS) is 26.4. The number of fused-ring (bicyclic) bond motifs is 7. The molecule has 4 heterocycles. The van der Waals surface area contributed by atoms with E-state index in [1.165, 1.54) is 7.11 Å². The molecule has 10 heteroatoms. The molecule has 4 aliphatic rings. The van der Waals surface area contributed by atoms with Gasteiger partial charge < -0.3 is 14.6 Å². The van der Waals surface area contributed by atoms with E-state index in [0.717, 1.165) is 47.2 Å². The Morgan fingerprint density at radius 2 is 1.95 bits per heavy atom. The number of nitrogens with zero attached hydrogens (tertiary/aromatic N) is 3. The Balaban J connectivity index is 1.45. The van der Waals surface area contributed by atoms with Crippen LogP contribution in [0.2, 0.25) is 10.0 Å². The molecule has 1 unspecified atom stereocenters. The van der Waals surface area contributed by atoms with Crippen LogP contribution in [0.5, 0.6) is 0 Å². The van der Waals surface area contributed by atoms with Crippen molar-refractivity contribution in [3.05, 3.63) is 92.5 Å². The first-order valence-electron chi connectivity index (χ1n) is 15.1. The van der Waals surface area contributed by atoms with E-state index in [1.54, 1.807) is 30.3 Å². The molecule has 44 heavy (non-hydrogen) atoms. The van der Waals surface area contributed by atoms with Crippen LogP contribution >= 0.6 is 23.2 Å². The summed E-state index contributed by atoms with van der Waals surface area (Å²) in [4.78, 5) is 34.9. The van der Waals surface area contributed by atoms with Crippen molar-refractivity contribution in [3.8, 4) is 0 Å². The third-order valence-electron chi connectivity index (χ3n) is 10.5. The number of imidazole rings is 1. The summed E-state index contributed by atoms with van der Waals surface area (Å²) < 4.78 is 23.5. The predicted octanol–water partition coefficient (Wildman–Crippen LogP) is 7.18. The molecule has 226 valence electrons. The number of aromatic nitrogens is 2. The van der Waals surface area contributed by atoms with Crippen LogP contribution in [0, 0.1) is 18.7 Å². The van der Waals surface area contributed by atoms with Crippen molar-refractivity contribution >= 4 is 51.8 Å². The van der Waals surface area contributed by atoms with Gasteiger partial charge in [0.15, 0.2) is 0 Å². The molecule has 1 amide bonds. The first kappa shape index (κ1) is 28.0. The Kier molecular flexibility index (Phi) is 6.23. The maximum Gasteiger partial charge on any atom is 0.337 e. The number of amides is 1. The molecule has 8 rings (SSSR count). The number of likely N-dealkylation sites (tertiary alicyclic amines) is 1. The molecule has 3 aromatic carbocycles. The molecule has 3 aliphatic heterocycles. The minimum absolute atomic E-state index is 0.0144. The van der Waals surface area contributed by atoms with Gasteiger partial charge in [0, 0.05) is 46.7 Å². The first-order chi connectivity index (χ1) is 21.2. The number of esters is 1. The van der Waals surface area contributed by atoms with Gasteiger partial charge in [0.05, 0.1) is 28.7 Å². The highest BCUT2D eigenvalue weighted by Crippen LogP contribution is 2.65. The lowest BCUT2D eigenvalue weighted by Gasteiger charge is -2.43. The summed E-state index contributed by atoms with van der Waals surface area (Å²) >= 11 is 12.9. The Morgan fingerprint density at radius 3 is 2.70 bits per heavy atom. The van der Waals surface area contributed by atoms with Gasteiger partial charge in [-0.2, -0.15) is 0 Å². The SMILES string of the molecule is COC(=O)c1cc(C)c2nc3n(c2c1)CC[C@H]1[C@@H]3[C@H](c2cccc(Cl)c2F)[C@]2(C(=O)Nc3cc(Cl)ccc32)N1C(C)C1CC1. The second-order valence-corrected chi connectivity index (χ2v) is 13.5. The van der Waals surface area contributed by atoms with Gasteiger partial charge in [0.25, 0.3) is 0 Å². The molecule has 1 N–H and O–H groups in total. The summed E-state index contributed by atoms with van der Waals surface area (Å²) in [6.45, 7) is 4.78. The van der Waals surface area contributed by atoms with Crippen LogP contribution in [0.4, 0.5) is 10.1 Å². The molecular weight excluding hydrogens is 602 g/mol. The minimum Gasteiger partial charge on any atom is -0.465 e. The van der Waals surface area contributed by atoms with Crippen LogP contribution in [0.15, 0.2) is 48.5 Å². The van der Waals surface area contributed by atoms with Gasteiger partial charge in [0.2, 0.25) is 5.91 Å². The number of ether oxygens (including phenoxy) is 1. The highest BCUT2D eigenvalue weighted by molar-refractivity contribution is 6.31. The zero-order valence-corrected chi connectivity index (χ0v) is 26.0. The van der Waals surface area contributed by atoms with E-state index in [1.807, 2.05) is 25.1 Å². The van der Waals surface area contributed by atoms with Crippen LogP contribution in [-0.2, 0) is 21.6 Å². The lowest BCUT2D eigenvalue weighted by Crippen LogP contribution is -2.56. The summed E-state index contributed by atoms with van der Waals surface area (Å²) in [6.07, 6.45) is 2.90. The van der Waals surface area contributed by atoms with Crippen molar-refractivity contribution < 1.29 is 18.7 Å². The lowest BCUT2D eigenvalue weighted by atomic mass is 9.70. The van der Waals surface area contributed by atoms with Crippen molar-refractivity contribution in [2.75, 3.05) is 12.4 Å². The monoisotopic (exact) mass is 632 g/mol. The lowest BCUT2D eigenvalue weighted by molar-refractivity contribution is -0.129.